The molecule has 1 saturated carbocycles. The summed E-state index contributed by atoms with van der Waals surface area (Å²) in [6.07, 6.45) is 2.05. The van der Waals surface area contributed by atoms with E-state index in [1.54, 1.807) is 13.0 Å². The molecule has 33 heavy (non-hydrogen) atoms. The number of para-hydroxylation sites is 1. The van der Waals surface area contributed by atoms with Crippen molar-refractivity contribution in [2.45, 2.75) is 31.6 Å². The van der Waals surface area contributed by atoms with Crippen LogP contribution in [0.15, 0.2) is 54.6 Å². The molecule has 1 aliphatic rings. The van der Waals surface area contributed by atoms with E-state index in [9.17, 15) is 15.3 Å². The zero-order valence-corrected chi connectivity index (χ0v) is 18.9. The number of aliphatic hydroxyl groups excluding tert-OH is 3. The SMILES string of the molecule is Cc1nc(Cl)c(/C=C/c2cccc(Oc3ccccc3)c2)c(N[C@@H]2C[C@H](CO)[C@@H](O)[C@H]2O)n1. The molecule has 4 atom stereocenters. The molecule has 0 bridgehead atoms. The van der Waals surface area contributed by atoms with Crippen LogP contribution in [0.1, 0.15) is 23.4 Å². The fourth-order valence-electron chi connectivity index (χ4n) is 3.91. The molecular formula is C25H26ClN3O4. The highest BCUT2D eigenvalue weighted by atomic mass is 35.5. The van der Waals surface area contributed by atoms with E-state index < -0.39 is 24.2 Å². The van der Waals surface area contributed by atoms with Gasteiger partial charge in [0.1, 0.15) is 34.4 Å². The van der Waals surface area contributed by atoms with E-state index in [2.05, 4.69) is 15.3 Å². The second-order valence-corrected chi connectivity index (χ2v) is 8.41. The fraction of sp³-hybridized carbons (Fsp3) is 0.280. The Morgan fingerprint density at radius 3 is 2.52 bits per heavy atom. The van der Waals surface area contributed by atoms with E-state index >= 15 is 0 Å². The molecule has 1 aliphatic carbocycles. The molecule has 2 aromatic carbocycles. The van der Waals surface area contributed by atoms with Crippen molar-refractivity contribution in [1.82, 2.24) is 9.97 Å². The smallest absolute Gasteiger partial charge is 0.142 e. The molecule has 4 rings (SSSR count). The molecule has 3 aromatic rings. The number of aryl methyl sites for hydroxylation is 1. The van der Waals surface area contributed by atoms with Gasteiger partial charge in [-0.05, 0) is 49.2 Å². The molecule has 0 spiro atoms. The van der Waals surface area contributed by atoms with Crippen molar-refractivity contribution in [3.05, 3.63) is 76.7 Å². The minimum absolute atomic E-state index is 0.200. The van der Waals surface area contributed by atoms with Gasteiger partial charge in [-0.2, -0.15) is 0 Å². The van der Waals surface area contributed by atoms with E-state index in [-0.39, 0.29) is 11.8 Å². The Morgan fingerprint density at radius 1 is 1.03 bits per heavy atom. The van der Waals surface area contributed by atoms with E-state index in [0.717, 1.165) is 11.3 Å². The van der Waals surface area contributed by atoms with Gasteiger partial charge in [0.25, 0.3) is 0 Å². The molecule has 8 heteroatoms. The van der Waals surface area contributed by atoms with Crippen molar-refractivity contribution in [3.63, 3.8) is 0 Å². The van der Waals surface area contributed by atoms with Gasteiger partial charge in [-0.25, -0.2) is 9.97 Å². The molecule has 0 aliphatic heterocycles. The highest BCUT2D eigenvalue weighted by Crippen LogP contribution is 2.32. The van der Waals surface area contributed by atoms with Crippen LogP contribution in [0.5, 0.6) is 11.5 Å². The van der Waals surface area contributed by atoms with Crippen LogP contribution in [-0.2, 0) is 0 Å². The maximum absolute atomic E-state index is 10.4. The first kappa shape index (κ1) is 23.2. The summed E-state index contributed by atoms with van der Waals surface area (Å²) in [7, 11) is 0. The molecule has 172 valence electrons. The lowest BCUT2D eigenvalue weighted by molar-refractivity contribution is 0.00445. The summed E-state index contributed by atoms with van der Waals surface area (Å²) < 4.78 is 5.90. The zero-order valence-electron chi connectivity index (χ0n) is 18.1. The van der Waals surface area contributed by atoms with Gasteiger partial charge in [0, 0.05) is 12.5 Å². The third-order valence-electron chi connectivity index (χ3n) is 5.65. The molecule has 1 aromatic heterocycles. The molecular weight excluding hydrogens is 442 g/mol. The number of nitrogens with zero attached hydrogens (tertiary/aromatic N) is 2. The average Bonchev–Trinajstić information content (AvgIpc) is 3.07. The van der Waals surface area contributed by atoms with Crippen molar-refractivity contribution in [2.24, 2.45) is 5.92 Å². The van der Waals surface area contributed by atoms with Crippen LogP contribution in [0.2, 0.25) is 5.15 Å². The molecule has 1 heterocycles. The molecule has 0 unspecified atom stereocenters. The third kappa shape index (κ3) is 5.51. The van der Waals surface area contributed by atoms with Crippen molar-refractivity contribution >= 4 is 29.6 Å². The number of aliphatic hydroxyl groups is 3. The van der Waals surface area contributed by atoms with Crippen LogP contribution >= 0.6 is 11.6 Å². The average molecular weight is 468 g/mol. The Balaban J connectivity index is 1.56. The summed E-state index contributed by atoms with van der Waals surface area (Å²) in [6.45, 7) is 1.53. The summed E-state index contributed by atoms with van der Waals surface area (Å²) >= 11 is 6.43. The highest BCUT2D eigenvalue weighted by molar-refractivity contribution is 6.31. The number of nitrogens with one attached hydrogen (secondary N) is 1. The Morgan fingerprint density at radius 2 is 1.79 bits per heavy atom. The van der Waals surface area contributed by atoms with Crippen LogP contribution in [-0.4, -0.2) is 50.1 Å². The topological polar surface area (TPSA) is 108 Å². The Bertz CT molecular complexity index is 1130. The lowest BCUT2D eigenvalue weighted by Crippen LogP contribution is -2.35. The van der Waals surface area contributed by atoms with Crippen LogP contribution in [0.25, 0.3) is 12.2 Å². The summed E-state index contributed by atoms with van der Waals surface area (Å²) in [5, 5.41) is 33.4. The molecule has 4 N–H and O–H groups in total. The van der Waals surface area contributed by atoms with Gasteiger partial charge < -0.3 is 25.4 Å². The first-order chi connectivity index (χ1) is 15.9. The summed E-state index contributed by atoms with van der Waals surface area (Å²) in [6, 6.07) is 16.7. The predicted octanol–water partition coefficient (Wildman–Crippen LogP) is 3.92. The van der Waals surface area contributed by atoms with Crippen LogP contribution in [0, 0.1) is 12.8 Å². The molecule has 0 saturated heterocycles. The number of hydrogen-bond acceptors (Lipinski definition) is 7. The summed E-state index contributed by atoms with van der Waals surface area (Å²) in [4.78, 5) is 8.70. The number of aromatic nitrogens is 2. The van der Waals surface area contributed by atoms with E-state index in [4.69, 9.17) is 16.3 Å². The van der Waals surface area contributed by atoms with E-state index in [0.29, 0.717) is 29.4 Å². The number of halogens is 1. The number of ether oxygens (including phenoxy) is 1. The van der Waals surface area contributed by atoms with Gasteiger partial charge >= 0.3 is 0 Å². The number of rotatable bonds is 7. The first-order valence-electron chi connectivity index (χ1n) is 10.7. The molecule has 1 fully saturated rings. The first-order valence-corrected chi connectivity index (χ1v) is 11.1. The second-order valence-electron chi connectivity index (χ2n) is 8.06. The summed E-state index contributed by atoms with van der Waals surface area (Å²) in [5.74, 6) is 1.98. The second kappa shape index (κ2) is 10.3. The molecule has 0 radical (unpaired) electrons. The van der Waals surface area contributed by atoms with E-state index in [1.807, 2.05) is 60.7 Å². The minimum atomic E-state index is -1.03. The van der Waals surface area contributed by atoms with Gasteiger partial charge in [-0.1, -0.05) is 48.0 Å². The summed E-state index contributed by atoms with van der Waals surface area (Å²) in [5.41, 5.74) is 1.45. The van der Waals surface area contributed by atoms with Crippen LogP contribution < -0.4 is 10.1 Å². The third-order valence-corrected chi connectivity index (χ3v) is 5.94. The van der Waals surface area contributed by atoms with Gasteiger partial charge in [0.2, 0.25) is 0 Å². The largest absolute Gasteiger partial charge is 0.457 e. The minimum Gasteiger partial charge on any atom is -0.457 e. The monoisotopic (exact) mass is 467 g/mol. The molecule has 0 amide bonds. The Kier molecular flexibility index (Phi) is 7.25. The Labute approximate surface area is 197 Å². The van der Waals surface area contributed by atoms with Gasteiger partial charge in [0.15, 0.2) is 0 Å². The van der Waals surface area contributed by atoms with E-state index in [1.165, 1.54) is 0 Å². The zero-order chi connectivity index (χ0) is 23.4. The van der Waals surface area contributed by atoms with Crippen LogP contribution in [0.3, 0.4) is 0 Å². The predicted molar refractivity (Wildman–Crippen MR) is 128 cm³/mol. The fourth-order valence-corrected chi connectivity index (χ4v) is 4.19. The maximum Gasteiger partial charge on any atom is 0.142 e. The Hall–Kier alpha value is -2.97. The quantitative estimate of drug-likeness (QED) is 0.390. The van der Waals surface area contributed by atoms with Crippen molar-refractivity contribution in [1.29, 1.82) is 0 Å². The molecule has 7 nitrogen and oxygen atoms in total. The lowest BCUT2D eigenvalue weighted by Gasteiger charge is -2.20. The van der Waals surface area contributed by atoms with Gasteiger partial charge in [-0.3, -0.25) is 0 Å². The van der Waals surface area contributed by atoms with Crippen molar-refractivity contribution in [2.75, 3.05) is 11.9 Å². The van der Waals surface area contributed by atoms with Crippen molar-refractivity contribution in [3.8, 4) is 11.5 Å². The number of anilines is 1. The lowest BCUT2D eigenvalue weighted by atomic mass is 10.1. The normalized spacial score (nSPS) is 22.6. The van der Waals surface area contributed by atoms with Gasteiger partial charge in [0.05, 0.1) is 17.7 Å². The van der Waals surface area contributed by atoms with Crippen LogP contribution in [0.4, 0.5) is 5.82 Å². The highest BCUT2D eigenvalue weighted by Gasteiger charge is 2.41. The van der Waals surface area contributed by atoms with Crippen molar-refractivity contribution < 1.29 is 20.1 Å². The maximum atomic E-state index is 10.4. The van der Waals surface area contributed by atoms with Gasteiger partial charge in [-0.15, -0.1) is 0 Å². The standard InChI is InChI=1S/C25H26ClN3O4/c1-15-27-24(26)20(25(28-15)29-21-13-17(14-30)22(31)23(21)32)11-10-16-6-5-9-19(12-16)33-18-7-3-2-4-8-18/h2-12,17,21-23,30-32H,13-14H2,1H3,(H,27,28,29)/b11-10+/t17-,21-,22-,23+/m1/s1. The number of benzene rings is 2. The number of hydrogen-bond donors (Lipinski definition) is 4.